The minimum Gasteiger partial charge on any atom is -0.382 e. The van der Waals surface area contributed by atoms with E-state index in [0.29, 0.717) is 16.7 Å². The van der Waals surface area contributed by atoms with Gasteiger partial charge in [0.15, 0.2) is 0 Å². The van der Waals surface area contributed by atoms with Crippen LogP contribution in [0.15, 0.2) is 91.0 Å². The number of carbonyl (C=O) groups is 11. The molecule has 1 fully saturated rings. The summed E-state index contributed by atoms with van der Waals surface area (Å²) in [5.41, 5.74) is 7.50. The molecule has 0 radical (unpaired) electrons. The van der Waals surface area contributed by atoms with Crippen molar-refractivity contribution in [3.8, 4) is 0 Å². The van der Waals surface area contributed by atoms with Crippen molar-refractivity contribution in [1.29, 1.82) is 0 Å². The maximum Gasteiger partial charge on any atom is 0.247 e. The highest BCUT2D eigenvalue weighted by atomic mass is 16.3. The molecule has 23 nitrogen and oxygen atoms in total. The van der Waals surface area contributed by atoms with Gasteiger partial charge in [0.2, 0.25) is 65.0 Å². The van der Waals surface area contributed by atoms with Crippen molar-refractivity contribution in [2.45, 2.75) is 167 Å². The first-order valence-electron chi connectivity index (χ1n) is 29.5. The molecule has 3 aromatic carbocycles. The van der Waals surface area contributed by atoms with Crippen LogP contribution >= 0.6 is 0 Å². The van der Waals surface area contributed by atoms with Gasteiger partial charge in [0.25, 0.3) is 0 Å². The molecule has 1 heterocycles. The minimum atomic E-state index is -1.96. The van der Waals surface area contributed by atoms with E-state index in [1.807, 2.05) is 27.7 Å². The van der Waals surface area contributed by atoms with Crippen LogP contribution in [0.25, 0.3) is 0 Å². The van der Waals surface area contributed by atoms with E-state index in [2.05, 4.69) is 31.9 Å². The largest absolute Gasteiger partial charge is 0.382 e. The van der Waals surface area contributed by atoms with Gasteiger partial charge in [-0.25, -0.2) is 0 Å². The van der Waals surface area contributed by atoms with Crippen LogP contribution in [0.3, 0.4) is 0 Å². The van der Waals surface area contributed by atoms with Crippen LogP contribution in [0.4, 0.5) is 0 Å². The lowest BCUT2D eigenvalue weighted by molar-refractivity contribution is -0.150. The summed E-state index contributed by atoms with van der Waals surface area (Å²) in [5.74, 6) is -9.97. The third-order valence-electron chi connectivity index (χ3n) is 15.7. The number of nitrogens with two attached hydrogens (primary N) is 1. The first-order chi connectivity index (χ1) is 40.5. The molecule has 23 heteroatoms. The molecule has 4 rings (SSSR count). The number of aliphatic hydroxyl groups is 1. The van der Waals surface area contributed by atoms with Crippen molar-refractivity contribution in [2.24, 2.45) is 23.5 Å². The van der Waals surface area contributed by atoms with Gasteiger partial charge in [-0.1, -0.05) is 119 Å². The average Bonchev–Trinajstić information content (AvgIpc) is 2.14. The Morgan fingerprint density at radius 1 is 0.535 bits per heavy atom. The van der Waals surface area contributed by atoms with E-state index in [9.17, 15) is 57.8 Å². The normalized spacial score (nSPS) is 24.6. The van der Waals surface area contributed by atoms with Crippen LogP contribution < -0.4 is 37.6 Å². The Hall–Kier alpha value is -8.21. The number of hydrogen-bond donors (Lipinski definition) is 8. The molecule has 1 aliphatic rings. The van der Waals surface area contributed by atoms with Gasteiger partial charge in [-0.3, -0.25) is 52.7 Å². The zero-order valence-corrected chi connectivity index (χ0v) is 51.8. The maximum absolute atomic E-state index is 14.7. The third kappa shape index (κ3) is 20.5. The number of carbonyl (C=O) groups excluding carboxylic acids is 11. The number of likely N-dealkylation sites (N-methyl/N-ethyl adjacent to an activating group) is 4. The van der Waals surface area contributed by atoms with E-state index < -0.39 is 131 Å². The second-order valence-electron chi connectivity index (χ2n) is 23.4. The molecule has 0 saturated carbocycles. The van der Waals surface area contributed by atoms with E-state index in [1.54, 1.807) is 91.0 Å². The van der Waals surface area contributed by atoms with Crippen molar-refractivity contribution in [2.75, 3.05) is 34.7 Å². The Bertz CT molecular complexity index is 2810. The van der Waals surface area contributed by atoms with Crippen molar-refractivity contribution in [3.63, 3.8) is 0 Å². The summed E-state index contributed by atoms with van der Waals surface area (Å²) >= 11 is 0. The highest BCUT2D eigenvalue weighted by molar-refractivity contribution is 5.99. The molecule has 1 aliphatic heterocycles. The van der Waals surface area contributed by atoms with Gasteiger partial charge in [-0.2, -0.15) is 0 Å². The molecule has 3 aromatic rings. The minimum absolute atomic E-state index is 0.0140. The van der Waals surface area contributed by atoms with Gasteiger partial charge >= 0.3 is 0 Å². The molecular formula is C63H91N11O12. The van der Waals surface area contributed by atoms with Crippen molar-refractivity contribution < 1.29 is 57.8 Å². The summed E-state index contributed by atoms with van der Waals surface area (Å²) in [5, 5.41) is 27.5. The summed E-state index contributed by atoms with van der Waals surface area (Å²) in [4.78, 5) is 161. The number of rotatable bonds is 14. The molecule has 11 atom stereocenters. The molecule has 0 spiro atoms. The first kappa shape index (κ1) is 70.3. The summed E-state index contributed by atoms with van der Waals surface area (Å²) in [6, 6.07) is 15.3. The number of aliphatic hydroxyl groups excluding tert-OH is 1. The Kier molecular flexibility index (Phi) is 27.4. The highest BCUT2D eigenvalue weighted by Gasteiger charge is 2.40. The van der Waals surface area contributed by atoms with E-state index in [4.69, 9.17) is 5.73 Å². The summed E-state index contributed by atoms with van der Waals surface area (Å²) in [6.45, 7) is 13.2. The first-order valence-corrected chi connectivity index (χ1v) is 29.5. The smallest absolute Gasteiger partial charge is 0.247 e. The fraction of sp³-hybridized carbons (Fsp3) is 0.540. The van der Waals surface area contributed by atoms with Crippen LogP contribution in [0.1, 0.15) is 104 Å². The van der Waals surface area contributed by atoms with Gasteiger partial charge < -0.3 is 62.3 Å². The van der Waals surface area contributed by atoms with Gasteiger partial charge in [0.05, 0.1) is 5.92 Å². The Labute approximate surface area is 505 Å². The maximum atomic E-state index is 14.7. The quantitative estimate of drug-likeness (QED) is 0.114. The number of primary amides is 1. The lowest BCUT2D eigenvalue weighted by Crippen LogP contribution is -2.60. The Balaban J connectivity index is 1.78. The molecule has 11 amide bonds. The third-order valence-corrected chi connectivity index (χ3v) is 15.7. The standard InChI is InChI=1S/C63H91N11O12/c1-37(2)32-49-62(85)72(10)42(8)61(84)73(11)50(33-38(3)4)59(82)67-40(6)60(83)74(12)51(36-45-28-20-15-21-29-45)63(86)71(9)41(7)55(78)66-39(5)54(77)69-48(35-44-26-18-14-19-27-44)57(80)65-31-23-22-30-47(58(81)70-49)68-56(79)46(52(75)53(64)76)34-43-24-16-13-17-25-43/h13-21,24-29,37-42,46-52,75H,22-23,30-36H2,1-12H3,(H2,64,76)(H,65,80)(H,66,78)(H,67,82)(H,68,79)(H,69,77)(H,70,81)/t39-,40-,41-,42-,46-,47-,48-,49-,50-,51-,52?/m0/s1. The molecule has 1 unspecified atom stereocenters. The predicted molar refractivity (Wildman–Crippen MR) is 323 cm³/mol. The van der Waals surface area contributed by atoms with Gasteiger partial charge in [0, 0.05) is 47.6 Å². The second kappa shape index (κ2) is 33.5. The summed E-state index contributed by atoms with van der Waals surface area (Å²) < 4.78 is 0. The lowest BCUT2D eigenvalue weighted by Gasteiger charge is -2.36. The zero-order chi connectivity index (χ0) is 64.1. The Morgan fingerprint density at radius 2 is 1.03 bits per heavy atom. The molecule has 86 heavy (non-hydrogen) atoms. The fourth-order valence-corrected chi connectivity index (χ4v) is 10.1. The van der Waals surface area contributed by atoms with Crippen molar-refractivity contribution in [3.05, 3.63) is 108 Å². The summed E-state index contributed by atoms with van der Waals surface area (Å²) in [6.07, 6.45) is -1.50. The van der Waals surface area contributed by atoms with Crippen LogP contribution in [0.5, 0.6) is 0 Å². The topological polar surface area (TPSA) is 319 Å². The second-order valence-corrected chi connectivity index (χ2v) is 23.4. The number of hydrogen-bond acceptors (Lipinski definition) is 12. The van der Waals surface area contributed by atoms with Crippen LogP contribution in [0, 0.1) is 17.8 Å². The molecule has 9 N–H and O–H groups in total. The molecule has 0 aliphatic carbocycles. The lowest BCUT2D eigenvalue weighted by atomic mass is 9.92. The fourth-order valence-electron chi connectivity index (χ4n) is 10.1. The van der Waals surface area contributed by atoms with E-state index in [-0.39, 0.29) is 69.7 Å². The SMILES string of the molecule is CC(C)C[C@@H]1NC(=O)[C@@H](NC(=O)[C@@H](Cc2ccccc2)C(O)C(N)=O)CCCCNC(=O)[C@H](Cc2ccccc2)NC(=O)[C@H](C)NC(=O)[C@H](C)N(C)C(=O)[C@H](Cc2ccccc2)N(C)C(=O)[C@H](C)NC(=O)[C@H](CC(C)C)N(C)C(=O)[C@H](C)N(C)C1=O. The van der Waals surface area contributed by atoms with E-state index >= 15 is 0 Å². The summed E-state index contributed by atoms with van der Waals surface area (Å²) in [7, 11) is 5.61. The highest BCUT2D eigenvalue weighted by Crippen LogP contribution is 2.20. The zero-order valence-electron chi connectivity index (χ0n) is 51.8. The van der Waals surface area contributed by atoms with Crippen LogP contribution in [-0.4, -0.2) is 185 Å². The average molecular weight is 1190 g/mol. The predicted octanol–water partition coefficient (Wildman–Crippen LogP) is 1.38. The molecule has 0 bridgehead atoms. The van der Waals surface area contributed by atoms with E-state index in [1.165, 1.54) is 70.6 Å². The van der Waals surface area contributed by atoms with Crippen LogP contribution in [0.2, 0.25) is 0 Å². The van der Waals surface area contributed by atoms with E-state index in [0.717, 1.165) is 4.90 Å². The molecule has 1 saturated heterocycles. The number of benzene rings is 3. The van der Waals surface area contributed by atoms with Gasteiger partial charge in [-0.05, 0) is 94.7 Å². The Morgan fingerprint density at radius 3 is 1.58 bits per heavy atom. The van der Waals surface area contributed by atoms with Crippen molar-refractivity contribution >= 4 is 65.0 Å². The van der Waals surface area contributed by atoms with Crippen molar-refractivity contribution in [1.82, 2.24) is 51.5 Å². The molecule has 0 aromatic heterocycles. The number of amides is 11. The number of nitrogens with one attached hydrogen (secondary N) is 6. The monoisotopic (exact) mass is 1190 g/mol. The molecular weight excluding hydrogens is 1100 g/mol. The van der Waals surface area contributed by atoms with Gasteiger partial charge in [0.1, 0.15) is 60.5 Å². The number of nitrogens with zero attached hydrogens (tertiary/aromatic N) is 4. The van der Waals surface area contributed by atoms with Crippen LogP contribution in [-0.2, 0) is 72.0 Å². The molecule has 470 valence electrons. The van der Waals surface area contributed by atoms with Gasteiger partial charge in [-0.15, -0.1) is 0 Å².